The Bertz CT molecular complexity index is 469. The van der Waals surface area contributed by atoms with E-state index in [1.807, 2.05) is 13.8 Å². The Balaban J connectivity index is 2.34. The number of hydrogen-bond donors (Lipinski definition) is 2. The Morgan fingerprint density at radius 2 is 2.17 bits per heavy atom. The Labute approximate surface area is 106 Å². The van der Waals surface area contributed by atoms with Crippen molar-refractivity contribution in [1.82, 2.24) is 5.32 Å². The molecule has 0 fully saturated rings. The van der Waals surface area contributed by atoms with Crippen LogP contribution in [-0.2, 0) is 14.3 Å². The maximum absolute atomic E-state index is 11.9. The molecule has 18 heavy (non-hydrogen) atoms. The summed E-state index contributed by atoms with van der Waals surface area (Å²) in [4.78, 5) is 23.7. The van der Waals surface area contributed by atoms with Crippen LogP contribution in [0.3, 0.4) is 0 Å². The Hall–Kier alpha value is -1.62. The molecule has 0 unspecified atom stereocenters. The highest BCUT2D eigenvalue weighted by molar-refractivity contribution is 6.23. The fourth-order valence-electron chi connectivity index (χ4n) is 2.21. The minimum absolute atomic E-state index is 0.119. The summed E-state index contributed by atoms with van der Waals surface area (Å²) in [6.45, 7) is 5.34. The van der Waals surface area contributed by atoms with E-state index in [9.17, 15) is 14.7 Å². The van der Waals surface area contributed by atoms with Gasteiger partial charge in [-0.1, -0.05) is 0 Å². The first-order valence-electron chi connectivity index (χ1n) is 6.01. The third-order valence-corrected chi connectivity index (χ3v) is 3.00. The van der Waals surface area contributed by atoms with Crippen molar-refractivity contribution in [2.24, 2.45) is 0 Å². The number of rotatable bonds is 2. The maximum Gasteiger partial charge on any atom is 0.263 e. The molecule has 2 N–H and O–H groups in total. The summed E-state index contributed by atoms with van der Waals surface area (Å²) in [6, 6.07) is 0. The molecule has 2 atom stereocenters. The van der Waals surface area contributed by atoms with Gasteiger partial charge in [0.05, 0.1) is 11.8 Å². The lowest BCUT2D eigenvalue weighted by atomic mass is 9.98. The molecule has 0 aromatic heterocycles. The van der Waals surface area contributed by atoms with Crippen molar-refractivity contribution in [3.63, 3.8) is 0 Å². The first kappa shape index (κ1) is 12.8. The summed E-state index contributed by atoms with van der Waals surface area (Å²) in [5.41, 5.74) is 1.59. The summed E-state index contributed by atoms with van der Waals surface area (Å²) in [6.07, 6.45) is -0.372. The zero-order valence-electron chi connectivity index (χ0n) is 10.7. The number of allylic oxidation sites excluding steroid dienone is 1. The second-order valence-electron chi connectivity index (χ2n) is 4.99. The van der Waals surface area contributed by atoms with Gasteiger partial charge in [0.15, 0.2) is 11.5 Å². The molecule has 0 aromatic rings. The van der Waals surface area contributed by atoms with E-state index in [4.69, 9.17) is 4.74 Å². The van der Waals surface area contributed by atoms with E-state index in [-0.39, 0.29) is 29.8 Å². The molecule has 0 saturated heterocycles. The van der Waals surface area contributed by atoms with E-state index < -0.39 is 6.10 Å². The summed E-state index contributed by atoms with van der Waals surface area (Å²) in [5, 5.41) is 12.0. The van der Waals surface area contributed by atoms with Gasteiger partial charge in [0, 0.05) is 12.8 Å². The zero-order valence-corrected chi connectivity index (χ0v) is 10.7. The first-order valence-corrected chi connectivity index (χ1v) is 6.01. The van der Waals surface area contributed by atoms with Gasteiger partial charge in [-0.2, -0.15) is 0 Å². The third-order valence-electron chi connectivity index (χ3n) is 3.00. The number of aliphatic hydroxyl groups is 1. The Morgan fingerprint density at radius 3 is 2.72 bits per heavy atom. The third kappa shape index (κ3) is 2.18. The summed E-state index contributed by atoms with van der Waals surface area (Å²) >= 11 is 0. The molecule has 0 saturated carbocycles. The number of carbonyl (C=O) groups excluding carboxylic acids is 2. The SMILES string of the molecule is CC(C)=C1NC(=O)C2=C1O[C@H](C[C@H](C)O)CC2=O. The second-order valence-corrected chi connectivity index (χ2v) is 4.99. The molecule has 2 aliphatic rings. The van der Waals surface area contributed by atoms with Crippen LogP contribution in [0.15, 0.2) is 22.6 Å². The van der Waals surface area contributed by atoms with E-state index in [1.165, 1.54) is 0 Å². The molecule has 5 heteroatoms. The number of ether oxygens (including phenoxy) is 1. The van der Waals surface area contributed by atoms with Crippen molar-refractivity contribution >= 4 is 11.7 Å². The number of Topliss-reactive ketones (excluding diaryl/α,β-unsaturated/α-hetero) is 1. The average Bonchev–Trinajstić information content (AvgIpc) is 2.55. The normalized spacial score (nSPS) is 24.7. The molecule has 2 heterocycles. The monoisotopic (exact) mass is 251 g/mol. The quantitative estimate of drug-likeness (QED) is 0.712. The highest BCUT2D eigenvalue weighted by Gasteiger charge is 2.40. The van der Waals surface area contributed by atoms with E-state index in [2.05, 4.69) is 5.32 Å². The van der Waals surface area contributed by atoms with Crippen LogP contribution in [0.1, 0.15) is 33.6 Å². The molecule has 5 nitrogen and oxygen atoms in total. The van der Waals surface area contributed by atoms with Crippen LogP contribution < -0.4 is 5.32 Å². The highest BCUT2D eigenvalue weighted by Crippen LogP contribution is 2.33. The molecule has 2 aliphatic heterocycles. The molecule has 0 spiro atoms. The summed E-state index contributed by atoms with van der Waals surface area (Å²) in [7, 11) is 0. The molecule has 98 valence electrons. The standard InChI is InChI=1S/C13H17NO4/c1-6(2)11-12-10(13(17)14-11)9(16)5-8(18-12)4-7(3)15/h7-8,15H,4-5H2,1-3H3,(H,14,17)/t7-,8+/m0/s1. The number of hydrogen-bond acceptors (Lipinski definition) is 4. The van der Waals surface area contributed by atoms with Gasteiger partial charge in [-0.3, -0.25) is 9.59 Å². The van der Waals surface area contributed by atoms with E-state index >= 15 is 0 Å². The number of nitrogens with one attached hydrogen (secondary N) is 1. The minimum atomic E-state index is -0.537. The average molecular weight is 251 g/mol. The van der Waals surface area contributed by atoms with Crippen LogP contribution in [0.5, 0.6) is 0 Å². The number of amides is 1. The van der Waals surface area contributed by atoms with Crippen molar-refractivity contribution < 1.29 is 19.4 Å². The highest BCUT2D eigenvalue weighted by atomic mass is 16.5. The van der Waals surface area contributed by atoms with Gasteiger partial charge in [-0.25, -0.2) is 0 Å². The fraction of sp³-hybridized carbons (Fsp3) is 0.538. The molecule has 1 amide bonds. The van der Waals surface area contributed by atoms with Crippen molar-refractivity contribution in [3.05, 3.63) is 22.6 Å². The molecule has 0 radical (unpaired) electrons. The van der Waals surface area contributed by atoms with Gasteiger partial charge in [0.1, 0.15) is 11.7 Å². The predicted molar refractivity (Wildman–Crippen MR) is 64.3 cm³/mol. The van der Waals surface area contributed by atoms with Gasteiger partial charge >= 0.3 is 0 Å². The van der Waals surface area contributed by atoms with E-state index in [0.29, 0.717) is 17.9 Å². The summed E-state index contributed by atoms with van der Waals surface area (Å²) in [5.74, 6) is -0.251. The topological polar surface area (TPSA) is 75.6 Å². The zero-order chi connectivity index (χ0) is 13.4. The number of ketones is 1. The van der Waals surface area contributed by atoms with Gasteiger partial charge in [0.25, 0.3) is 5.91 Å². The van der Waals surface area contributed by atoms with Crippen molar-refractivity contribution in [2.45, 2.75) is 45.8 Å². The van der Waals surface area contributed by atoms with Crippen LogP contribution >= 0.6 is 0 Å². The molecule has 0 aliphatic carbocycles. The van der Waals surface area contributed by atoms with Gasteiger partial charge in [0.2, 0.25) is 0 Å². The minimum Gasteiger partial charge on any atom is -0.487 e. The van der Waals surface area contributed by atoms with Crippen LogP contribution in [0.25, 0.3) is 0 Å². The van der Waals surface area contributed by atoms with Crippen LogP contribution in [0.4, 0.5) is 0 Å². The van der Waals surface area contributed by atoms with Gasteiger partial charge in [-0.15, -0.1) is 0 Å². The maximum atomic E-state index is 11.9. The molecule has 0 bridgehead atoms. The summed E-state index contributed by atoms with van der Waals surface area (Å²) < 4.78 is 5.69. The molecule has 2 rings (SSSR count). The van der Waals surface area contributed by atoms with Crippen LogP contribution in [0.2, 0.25) is 0 Å². The van der Waals surface area contributed by atoms with Gasteiger partial charge < -0.3 is 15.2 Å². The van der Waals surface area contributed by atoms with Crippen molar-refractivity contribution in [1.29, 1.82) is 0 Å². The fourth-order valence-corrected chi connectivity index (χ4v) is 2.21. The number of aliphatic hydroxyl groups excluding tert-OH is 1. The van der Waals surface area contributed by atoms with Crippen LogP contribution in [0, 0.1) is 0 Å². The lowest BCUT2D eigenvalue weighted by Gasteiger charge is -2.25. The molecular weight excluding hydrogens is 234 g/mol. The predicted octanol–water partition coefficient (Wildman–Crippen LogP) is 0.793. The van der Waals surface area contributed by atoms with Crippen molar-refractivity contribution in [2.75, 3.05) is 0 Å². The largest absolute Gasteiger partial charge is 0.487 e. The molecular formula is C13H17NO4. The Kier molecular flexibility index (Phi) is 3.26. The Morgan fingerprint density at radius 1 is 1.50 bits per heavy atom. The van der Waals surface area contributed by atoms with Crippen molar-refractivity contribution in [3.8, 4) is 0 Å². The van der Waals surface area contributed by atoms with Crippen LogP contribution in [-0.4, -0.2) is 29.0 Å². The smallest absolute Gasteiger partial charge is 0.263 e. The lowest BCUT2D eigenvalue weighted by Crippen LogP contribution is -2.29. The number of carbonyl (C=O) groups is 2. The van der Waals surface area contributed by atoms with E-state index in [0.717, 1.165) is 5.57 Å². The van der Waals surface area contributed by atoms with E-state index in [1.54, 1.807) is 6.92 Å². The van der Waals surface area contributed by atoms with Gasteiger partial charge in [-0.05, 0) is 26.3 Å². The lowest BCUT2D eigenvalue weighted by molar-refractivity contribution is -0.124. The first-order chi connectivity index (χ1) is 8.40. The second kappa shape index (κ2) is 4.57. The molecule has 0 aromatic carbocycles.